The van der Waals surface area contributed by atoms with Gasteiger partial charge in [0, 0.05) is 18.5 Å². The van der Waals surface area contributed by atoms with E-state index in [0.29, 0.717) is 29.2 Å². The molecule has 7 heteroatoms. The van der Waals surface area contributed by atoms with Crippen LogP contribution in [-0.2, 0) is 7.05 Å². The highest BCUT2D eigenvalue weighted by Crippen LogP contribution is 2.27. The number of aromatic nitrogens is 3. The monoisotopic (exact) mass is 406 g/mol. The second-order valence-electron chi connectivity index (χ2n) is 6.71. The molecule has 0 aliphatic rings. The molecule has 0 unspecified atom stereocenters. The Kier molecular flexibility index (Phi) is 5.67. The van der Waals surface area contributed by atoms with Crippen LogP contribution in [0.25, 0.3) is 22.5 Å². The smallest absolute Gasteiger partial charge is 0.252 e. The molecule has 29 heavy (non-hydrogen) atoms. The third-order valence-corrected chi connectivity index (χ3v) is 5.70. The first-order valence-electron chi connectivity index (χ1n) is 9.48. The molecule has 1 aromatic carbocycles. The summed E-state index contributed by atoms with van der Waals surface area (Å²) in [5, 5.41) is 8.25. The fourth-order valence-corrected chi connectivity index (χ4v) is 4.12. The number of hydrogen-bond acceptors (Lipinski definition) is 5. The van der Waals surface area contributed by atoms with Crippen molar-refractivity contribution in [2.45, 2.75) is 18.2 Å². The Labute approximate surface area is 173 Å². The highest BCUT2D eigenvalue weighted by molar-refractivity contribution is 7.99. The molecule has 6 nitrogen and oxygen atoms in total. The predicted octanol–water partition coefficient (Wildman–Crippen LogP) is 4.45. The van der Waals surface area contributed by atoms with E-state index in [0.717, 1.165) is 23.3 Å². The number of nitrogens with one attached hydrogen (secondary N) is 1. The summed E-state index contributed by atoms with van der Waals surface area (Å²) >= 11 is 1.79. The van der Waals surface area contributed by atoms with Crippen molar-refractivity contribution in [3.05, 3.63) is 66.1 Å². The number of benzene rings is 1. The maximum atomic E-state index is 13.0. The molecule has 0 spiro atoms. The first-order valence-corrected chi connectivity index (χ1v) is 10.5. The van der Waals surface area contributed by atoms with Gasteiger partial charge in [0.2, 0.25) is 0 Å². The van der Waals surface area contributed by atoms with Crippen molar-refractivity contribution in [3.8, 4) is 11.5 Å². The third-order valence-electron chi connectivity index (χ3n) is 4.61. The number of aryl methyl sites for hydroxylation is 2. The second kappa shape index (κ2) is 8.53. The minimum Gasteiger partial charge on any atom is -0.463 e. The molecule has 0 atom stereocenters. The van der Waals surface area contributed by atoms with Crippen LogP contribution in [0, 0.1) is 6.92 Å². The Morgan fingerprint density at radius 2 is 2.03 bits per heavy atom. The number of rotatable bonds is 7. The van der Waals surface area contributed by atoms with Crippen molar-refractivity contribution in [1.29, 1.82) is 0 Å². The first kappa shape index (κ1) is 19.3. The van der Waals surface area contributed by atoms with Crippen LogP contribution in [0.2, 0.25) is 0 Å². The summed E-state index contributed by atoms with van der Waals surface area (Å²) in [6.45, 7) is 2.50. The summed E-state index contributed by atoms with van der Waals surface area (Å²) in [7, 11) is 1.83. The van der Waals surface area contributed by atoms with Crippen LogP contribution in [0.4, 0.5) is 0 Å². The molecular weight excluding hydrogens is 384 g/mol. The average molecular weight is 407 g/mol. The molecule has 1 amide bonds. The lowest BCUT2D eigenvalue weighted by molar-refractivity contribution is 0.0955. The summed E-state index contributed by atoms with van der Waals surface area (Å²) < 4.78 is 7.18. The Bertz CT molecular complexity index is 1120. The standard InChI is InChI=1S/C22H22N4O2S/c1-15-20-17(22(27)23-11-7-13-29-16-8-4-3-5-9-16)14-18(19-10-6-12-28-19)24-21(20)26(2)25-15/h3-6,8-10,12,14H,7,11,13H2,1-2H3,(H,23,27). The van der Waals surface area contributed by atoms with Gasteiger partial charge in [-0.05, 0) is 49.4 Å². The van der Waals surface area contributed by atoms with Crippen LogP contribution in [0.3, 0.4) is 0 Å². The molecule has 148 valence electrons. The number of nitrogens with zero attached hydrogens (tertiary/aromatic N) is 3. The number of fused-ring (bicyclic) bond motifs is 1. The second-order valence-corrected chi connectivity index (χ2v) is 7.88. The average Bonchev–Trinajstić information content (AvgIpc) is 3.36. The van der Waals surface area contributed by atoms with Gasteiger partial charge in [-0.25, -0.2) is 4.98 Å². The zero-order chi connectivity index (χ0) is 20.2. The number of pyridine rings is 1. The highest BCUT2D eigenvalue weighted by atomic mass is 32.2. The molecule has 0 fully saturated rings. The van der Waals surface area contributed by atoms with Gasteiger partial charge < -0.3 is 9.73 Å². The molecule has 3 aromatic heterocycles. The van der Waals surface area contributed by atoms with Gasteiger partial charge in [0.1, 0.15) is 5.69 Å². The molecule has 0 aliphatic carbocycles. The normalized spacial score (nSPS) is 11.1. The third kappa shape index (κ3) is 4.19. The molecule has 4 rings (SSSR count). The highest BCUT2D eigenvalue weighted by Gasteiger charge is 2.19. The predicted molar refractivity (Wildman–Crippen MR) is 115 cm³/mol. The molecule has 3 heterocycles. The van der Waals surface area contributed by atoms with E-state index in [-0.39, 0.29) is 5.91 Å². The number of carbonyl (C=O) groups excluding carboxylic acids is 1. The zero-order valence-electron chi connectivity index (χ0n) is 16.4. The molecule has 0 bridgehead atoms. The maximum absolute atomic E-state index is 13.0. The van der Waals surface area contributed by atoms with Crippen molar-refractivity contribution < 1.29 is 9.21 Å². The van der Waals surface area contributed by atoms with Crippen LogP contribution < -0.4 is 5.32 Å². The van der Waals surface area contributed by atoms with Crippen LogP contribution in [0.1, 0.15) is 22.5 Å². The topological polar surface area (TPSA) is 73.0 Å². The fraction of sp³-hybridized carbons (Fsp3) is 0.227. The summed E-state index contributed by atoms with van der Waals surface area (Å²) in [4.78, 5) is 18.8. The summed E-state index contributed by atoms with van der Waals surface area (Å²) in [6.07, 6.45) is 2.48. The molecule has 4 aromatic rings. The quantitative estimate of drug-likeness (QED) is 0.363. The van der Waals surface area contributed by atoms with Crippen LogP contribution in [0.15, 0.2) is 64.1 Å². The van der Waals surface area contributed by atoms with E-state index >= 15 is 0 Å². The molecule has 0 saturated heterocycles. The van der Waals surface area contributed by atoms with Crippen molar-refractivity contribution in [2.24, 2.45) is 7.05 Å². The van der Waals surface area contributed by atoms with Gasteiger partial charge >= 0.3 is 0 Å². The van der Waals surface area contributed by atoms with E-state index in [2.05, 4.69) is 27.5 Å². The van der Waals surface area contributed by atoms with Crippen molar-refractivity contribution in [2.75, 3.05) is 12.3 Å². The fourth-order valence-electron chi connectivity index (χ4n) is 3.25. The largest absolute Gasteiger partial charge is 0.463 e. The lowest BCUT2D eigenvalue weighted by Crippen LogP contribution is -2.25. The molecule has 1 N–H and O–H groups in total. The summed E-state index contributed by atoms with van der Waals surface area (Å²) in [5.41, 5.74) is 2.64. The van der Waals surface area contributed by atoms with Gasteiger partial charge in [0.05, 0.1) is 22.9 Å². The van der Waals surface area contributed by atoms with Gasteiger partial charge in [-0.15, -0.1) is 11.8 Å². The Morgan fingerprint density at radius 1 is 1.21 bits per heavy atom. The zero-order valence-corrected chi connectivity index (χ0v) is 17.2. The molecule has 0 saturated carbocycles. The first-order chi connectivity index (χ1) is 14.1. The van der Waals surface area contributed by atoms with Gasteiger partial charge in [-0.3, -0.25) is 9.48 Å². The Balaban J connectivity index is 1.49. The van der Waals surface area contributed by atoms with Gasteiger partial charge in [0.15, 0.2) is 11.4 Å². The van der Waals surface area contributed by atoms with Crippen molar-refractivity contribution in [3.63, 3.8) is 0 Å². The Hall–Kier alpha value is -3.06. The Morgan fingerprint density at radius 3 is 2.79 bits per heavy atom. The van der Waals surface area contributed by atoms with Crippen LogP contribution in [0.5, 0.6) is 0 Å². The van der Waals surface area contributed by atoms with Crippen molar-refractivity contribution in [1.82, 2.24) is 20.1 Å². The van der Waals surface area contributed by atoms with Crippen LogP contribution in [-0.4, -0.2) is 33.0 Å². The van der Waals surface area contributed by atoms with E-state index in [9.17, 15) is 4.79 Å². The number of carbonyl (C=O) groups is 1. The van der Waals surface area contributed by atoms with Crippen molar-refractivity contribution >= 4 is 28.7 Å². The van der Waals surface area contributed by atoms with E-state index in [1.54, 1.807) is 34.8 Å². The lowest BCUT2D eigenvalue weighted by Gasteiger charge is -2.08. The van der Waals surface area contributed by atoms with Crippen LogP contribution >= 0.6 is 11.8 Å². The molecular formula is C22H22N4O2S. The van der Waals surface area contributed by atoms with Gasteiger partial charge in [-0.2, -0.15) is 5.10 Å². The summed E-state index contributed by atoms with van der Waals surface area (Å²) in [5.74, 6) is 1.45. The number of amides is 1. The molecule has 0 radical (unpaired) electrons. The molecule has 0 aliphatic heterocycles. The van der Waals surface area contributed by atoms with E-state index in [4.69, 9.17) is 4.42 Å². The minimum atomic E-state index is -0.119. The minimum absolute atomic E-state index is 0.119. The summed E-state index contributed by atoms with van der Waals surface area (Å²) in [6, 6.07) is 15.7. The van der Waals surface area contributed by atoms with Gasteiger partial charge in [0.25, 0.3) is 5.91 Å². The van der Waals surface area contributed by atoms with Gasteiger partial charge in [-0.1, -0.05) is 18.2 Å². The number of furan rings is 1. The van der Waals surface area contributed by atoms with E-state index < -0.39 is 0 Å². The SMILES string of the molecule is Cc1nn(C)c2nc(-c3ccco3)cc(C(=O)NCCCSc3ccccc3)c12. The lowest BCUT2D eigenvalue weighted by atomic mass is 10.1. The number of thioether (sulfide) groups is 1. The van der Waals surface area contributed by atoms with E-state index in [1.807, 2.05) is 38.2 Å². The maximum Gasteiger partial charge on any atom is 0.252 e. The number of hydrogen-bond donors (Lipinski definition) is 1. The van der Waals surface area contributed by atoms with E-state index in [1.165, 1.54) is 4.90 Å².